The summed E-state index contributed by atoms with van der Waals surface area (Å²) in [5.41, 5.74) is 0.178. The van der Waals surface area contributed by atoms with Gasteiger partial charge in [-0.2, -0.15) is 0 Å². The molecule has 0 bridgehead atoms. The van der Waals surface area contributed by atoms with E-state index in [1.54, 1.807) is 0 Å². The molecular weight excluding hydrogens is 352 g/mol. The highest BCUT2D eigenvalue weighted by Crippen LogP contribution is 2.44. The molecule has 0 atom stereocenters. The number of hydrogen-bond donors (Lipinski definition) is 2. The molecule has 1 aliphatic heterocycles. The fourth-order valence-corrected chi connectivity index (χ4v) is 5.57. The highest BCUT2D eigenvalue weighted by Gasteiger charge is 2.42. The quantitative estimate of drug-likeness (QED) is 0.762. The number of rotatable bonds is 6. The first kappa shape index (κ1) is 17.7. The maximum Gasteiger partial charge on any atom is 0.240 e. The summed E-state index contributed by atoms with van der Waals surface area (Å²) in [6.07, 6.45) is 3.08. The van der Waals surface area contributed by atoms with Crippen LogP contribution in [0.15, 0.2) is 29.2 Å². The van der Waals surface area contributed by atoms with Crippen molar-refractivity contribution in [1.82, 2.24) is 4.72 Å². The summed E-state index contributed by atoms with van der Waals surface area (Å²) in [6, 6.07) is 5.88. The first-order valence-electron chi connectivity index (χ1n) is 7.99. The van der Waals surface area contributed by atoms with Crippen LogP contribution in [0.3, 0.4) is 0 Å². The van der Waals surface area contributed by atoms with E-state index < -0.39 is 20.0 Å². The van der Waals surface area contributed by atoms with E-state index in [-0.39, 0.29) is 29.2 Å². The van der Waals surface area contributed by atoms with E-state index in [9.17, 15) is 21.9 Å². The monoisotopic (exact) mass is 374 g/mol. The van der Waals surface area contributed by atoms with E-state index in [4.69, 9.17) is 0 Å². The molecule has 0 amide bonds. The van der Waals surface area contributed by atoms with Crippen molar-refractivity contribution >= 4 is 25.7 Å². The third-order valence-corrected chi connectivity index (χ3v) is 8.00. The Labute approximate surface area is 142 Å². The minimum atomic E-state index is -3.67. The molecule has 1 aromatic carbocycles. The van der Waals surface area contributed by atoms with E-state index in [1.165, 1.54) is 28.6 Å². The van der Waals surface area contributed by atoms with Gasteiger partial charge < -0.3 is 5.11 Å². The number of anilines is 1. The second-order valence-electron chi connectivity index (χ2n) is 6.57. The van der Waals surface area contributed by atoms with Gasteiger partial charge in [0.15, 0.2) is 0 Å². The van der Waals surface area contributed by atoms with Crippen molar-refractivity contribution in [3.05, 3.63) is 24.3 Å². The van der Waals surface area contributed by atoms with Crippen molar-refractivity contribution in [2.75, 3.05) is 29.8 Å². The maximum atomic E-state index is 12.3. The average Bonchev–Trinajstić information content (AvgIpc) is 3.34. The van der Waals surface area contributed by atoms with E-state index in [0.717, 1.165) is 19.3 Å². The van der Waals surface area contributed by atoms with Gasteiger partial charge in [-0.1, -0.05) is 0 Å². The summed E-state index contributed by atoms with van der Waals surface area (Å²) >= 11 is 0. The number of benzene rings is 1. The predicted octanol–water partition coefficient (Wildman–Crippen LogP) is 0.667. The molecule has 24 heavy (non-hydrogen) atoms. The first-order valence-corrected chi connectivity index (χ1v) is 11.1. The lowest BCUT2D eigenvalue weighted by Crippen LogP contribution is -2.37. The smallest absolute Gasteiger partial charge is 0.240 e. The second kappa shape index (κ2) is 6.29. The molecule has 1 saturated heterocycles. The average molecular weight is 374 g/mol. The Balaban J connectivity index is 1.74. The van der Waals surface area contributed by atoms with Crippen molar-refractivity contribution in [2.45, 2.75) is 30.6 Å². The molecule has 1 heterocycles. The maximum absolute atomic E-state index is 12.3. The first-order chi connectivity index (χ1) is 11.3. The molecule has 1 aromatic rings. The SMILES string of the molecule is O=S(=O)(NCC1(CO)CC1)c1ccc(N2CCCCS2(=O)=O)cc1. The van der Waals surface area contributed by atoms with Crippen LogP contribution in [0.5, 0.6) is 0 Å². The van der Waals surface area contributed by atoms with Crippen molar-refractivity contribution in [3.8, 4) is 0 Å². The topological polar surface area (TPSA) is 104 Å². The molecular formula is C15H22N2O5S2. The predicted molar refractivity (Wildman–Crippen MR) is 90.8 cm³/mol. The number of aliphatic hydroxyl groups is 1. The van der Waals surface area contributed by atoms with E-state index in [2.05, 4.69) is 4.72 Å². The zero-order chi connectivity index (χ0) is 17.4. The summed E-state index contributed by atoms with van der Waals surface area (Å²) in [4.78, 5) is 0.0920. The number of hydrogen-bond acceptors (Lipinski definition) is 5. The highest BCUT2D eigenvalue weighted by molar-refractivity contribution is 7.92. The molecule has 7 nitrogen and oxygen atoms in total. The van der Waals surface area contributed by atoms with Crippen LogP contribution in [-0.4, -0.2) is 47.4 Å². The minimum Gasteiger partial charge on any atom is -0.396 e. The van der Waals surface area contributed by atoms with Crippen LogP contribution in [0.2, 0.25) is 0 Å². The van der Waals surface area contributed by atoms with Gasteiger partial charge in [0.2, 0.25) is 20.0 Å². The minimum absolute atomic E-state index is 0.0265. The number of nitrogens with zero attached hydrogens (tertiary/aromatic N) is 1. The van der Waals surface area contributed by atoms with Gasteiger partial charge in [0.05, 0.1) is 16.3 Å². The van der Waals surface area contributed by atoms with Gasteiger partial charge in [-0.15, -0.1) is 0 Å². The van der Waals surface area contributed by atoms with E-state index in [1.807, 2.05) is 0 Å². The Morgan fingerprint density at radius 1 is 1.17 bits per heavy atom. The Morgan fingerprint density at radius 2 is 1.83 bits per heavy atom. The van der Waals surface area contributed by atoms with Gasteiger partial charge in [0.25, 0.3) is 0 Å². The normalized spacial score (nSPS) is 22.3. The fraction of sp³-hybridized carbons (Fsp3) is 0.600. The van der Waals surface area contributed by atoms with Gasteiger partial charge in [0.1, 0.15) is 0 Å². The van der Waals surface area contributed by atoms with Crippen molar-refractivity contribution in [2.24, 2.45) is 5.41 Å². The van der Waals surface area contributed by atoms with Gasteiger partial charge >= 0.3 is 0 Å². The standard InChI is InChI=1S/C15H22N2O5S2/c18-12-15(7-8-15)11-16-24(21,22)14-5-3-13(4-6-14)17-9-1-2-10-23(17,19)20/h3-6,16,18H,1-2,7-12H2. The number of aliphatic hydroxyl groups excluding tert-OH is 1. The molecule has 0 spiro atoms. The molecule has 2 fully saturated rings. The lowest BCUT2D eigenvalue weighted by atomic mass is 10.1. The largest absolute Gasteiger partial charge is 0.396 e. The Kier molecular flexibility index (Phi) is 4.63. The van der Waals surface area contributed by atoms with Crippen LogP contribution in [0.1, 0.15) is 25.7 Å². The Hall–Kier alpha value is -1.16. The molecule has 0 aromatic heterocycles. The zero-order valence-corrected chi connectivity index (χ0v) is 14.9. The third kappa shape index (κ3) is 3.58. The molecule has 2 N–H and O–H groups in total. The molecule has 134 valence electrons. The summed E-state index contributed by atoms with van der Waals surface area (Å²) in [5.74, 6) is 0.123. The van der Waals surface area contributed by atoms with Crippen molar-refractivity contribution in [1.29, 1.82) is 0 Å². The zero-order valence-electron chi connectivity index (χ0n) is 13.3. The molecule has 2 aliphatic rings. The van der Waals surface area contributed by atoms with Crippen LogP contribution in [0, 0.1) is 5.41 Å². The van der Waals surface area contributed by atoms with Gasteiger partial charge in [-0.05, 0) is 49.9 Å². The Morgan fingerprint density at radius 3 is 2.38 bits per heavy atom. The van der Waals surface area contributed by atoms with Crippen LogP contribution in [0.4, 0.5) is 5.69 Å². The van der Waals surface area contributed by atoms with Gasteiger partial charge in [-0.3, -0.25) is 4.31 Å². The second-order valence-corrected chi connectivity index (χ2v) is 10.4. The number of sulfonamides is 2. The van der Waals surface area contributed by atoms with Crippen LogP contribution in [-0.2, 0) is 20.0 Å². The van der Waals surface area contributed by atoms with Crippen LogP contribution >= 0.6 is 0 Å². The summed E-state index contributed by atoms with van der Waals surface area (Å²) in [7, 11) is -6.98. The Bertz CT molecular complexity index is 799. The number of nitrogens with one attached hydrogen (secondary N) is 1. The molecule has 9 heteroatoms. The summed E-state index contributed by atoms with van der Waals surface area (Å²) < 4.78 is 52.7. The van der Waals surface area contributed by atoms with Crippen molar-refractivity contribution < 1.29 is 21.9 Å². The fourth-order valence-electron chi connectivity index (χ4n) is 2.77. The van der Waals surface area contributed by atoms with E-state index >= 15 is 0 Å². The van der Waals surface area contributed by atoms with Gasteiger partial charge in [-0.25, -0.2) is 21.6 Å². The highest BCUT2D eigenvalue weighted by atomic mass is 32.2. The molecule has 1 aliphatic carbocycles. The lowest BCUT2D eigenvalue weighted by Gasteiger charge is -2.28. The van der Waals surface area contributed by atoms with Crippen LogP contribution < -0.4 is 9.03 Å². The summed E-state index contributed by atoms with van der Waals surface area (Å²) in [5, 5.41) is 9.26. The van der Waals surface area contributed by atoms with Crippen molar-refractivity contribution in [3.63, 3.8) is 0 Å². The molecule has 1 saturated carbocycles. The third-order valence-electron chi connectivity index (χ3n) is 4.71. The molecule has 0 radical (unpaired) electrons. The lowest BCUT2D eigenvalue weighted by molar-refractivity contribution is 0.213. The molecule has 0 unspecified atom stereocenters. The van der Waals surface area contributed by atoms with Gasteiger partial charge in [0, 0.05) is 25.1 Å². The molecule has 3 rings (SSSR count). The van der Waals surface area contributed by atoms with E-state index in [0.29, 0.717) is 18.7 Å². The summed E-state index contributed by atoms with van der Waals surface area (Å²) in [6.45, 7) is 0.612. The van der Waals surface area contributed by atoms with Crippen LogP contribution in [0.25, 0.3) is 0 Å².